The van der Waals surface area contributed by atoms with Crippen LogP contribution in [0.25, 0.3) is 0 Å². The van der Waals surface area contributed by atoms with E-state index in [0.717, 1.165) is 38.9 Å². The van der Waals surface area contributed by atoms with Gasteiger partial charge in [0.05, 0.1) is 0 Å². The molecular weight excluding hydrogens is 286 g/mol. The van der Waals surface area contributed by atoms with Crippen molar-refractivity contribution >= 4 is 5.91 Å². The smallest absolute Gasteiger partial charge is 0.223 e. The van der Waals surface area contributed by atoms with E-state index in [1.807, 2.05) is 0 Å². The van der Waals surface area contributed by atoms with E-state index in [2.05, 4.69) is 29.4 Å². The van der Waals surface area contributed by atoms with Crippen LogP contribution in [-0.4, -0.2) is 50.1 Å². The highest BCUT2D eigenvalue weighted by molar-refractivity contribution is 5.79. The van der Waals surface area contributed by atoms with E-state index >= 15 is 0 Å². The van der Waals surface area contributed by atoms with Gasteiger partial charge in [-0.3, -0.25) is 4.79 Å². The van der Waals surface area contributed by atoms with Gasteiger partial charge in [0.2, 0.25) is 5.91 Å². The fraction of sp³-hybridized carbons (Fsp3) is 0.947. The molecule has 1 spiro atoms. The molecule has 0 radical (unpaired) electrons. The van der Waals surface area contributed by atoms with E-state index in [-0.39, 0.29) is 0 Å². The molecule has 23 heavy (non-hydrogen) atoms. The summed E-state index contributed by atoms with van der Waals surface area (Å²) in [5, 5.41) is 6.51. The number of carbonyl (C=O) groups excluding carboxylic acids is 1. The molecule has 0 bridgehead atoms. The lowest BCUT2D eigenvalue weighted by Crippen LogP contribution is -2.63. The zero-order valence-corrected chi connectivity index (χ0v) is 15.3. The van der Waals surface area contributed by atoms with Gasteiger partial charge in [-0.15, -0.1) is 0 Å². The third kappa shape index (κ3) is 5.75. The summed E-state index contributed by atoms with van der Waals surface area (Å²) in [4.78, 5) is 14.7. The number of unbranched alkanes of at least 4 members (excludes halogenated alkanes) is 4. The molecule has 4 heteroatoms. The largest absolute Gasteiger partial charge is 0.356 e. The predicted molar refractivity (Wildman–Crippen MR) is 96.5 cm³/mol. The van der Waals surface area contributed by atoms with E-state index in [1.165, 1.54) is 51.7 Å². The monoisotopic (exact) mass is 323 g/mol. The third-order valence-corrected chi connectivity index (χ3v) is 5.47. The van der Waals surface area contributed by atoms with Crippen molar-refractivity contribution in [2.45, 2.75) is 65.2 Å². The Morgan fingerprint density at radius 3 is 2.35 bits per heavy atom. The van der Waals surface area contributed by atoms with Crippen molar-refractivity contribution in [3.05, 3.63) is 0 Å². The van der Waals surface area contributed by atoms with Crippen LogP contribution in [0.4, 0.5) is 0 Å². The molecular formula is C19H37N3O. The Labute approximate surface area is 142 Å². The van der Waals surface area contributed by atoms with E-state index < -0.39 is 0 Å². The first-order chi connectivity index (χ1) is 11.2. The molecule has 0 aromatic rings. The highest BCUT2D eigenvalue weighted by Crippen LogP contribution is 2.51. The Hall–Kier alpha value is -0.610. The highest BCUT2D eigenvalue weighted by Gasteiger charge is 2.53. The lowest BCUT2D eigenvalue weighted by molar-refractivity contribution is -0.144. The Balaban J connectivity index is 1.40. The van der Waals surface area contributed by atoms with Crippen molar-refractivity contribution in [3.8, 4) is 0 Å². The topological polar surface area (TPSA) is 44.4 Å². The summed E-state index contributed by atoms with van der Waals surface area (Å²) in [5.74, 6) is 0.621. The minimum absolute atomic E-state index is 0.305. The van der Waals surface area contributed by atoms with Gasteiger partial charge >= 0.3 is 0 Å². The van der Waals surface area contributed by atoms with Crippen molar-refractivity contribution in [3.63, 3.8) is 0 Å². The van der Waals surface area contributed by atoms with Gasteiger partial charge in [0.15, 0.2) is 0 Å². The summed E-state index contributed by atoms with van der Waals surface area (Å²) in [5.41, 5.74) is 0.518. The van der Waals surface area contributed by atoms with Gasteiger partial charge < -0.3 is 15.5 Å². The lowest BCUT2D eigenvalue weighted by atomic mass is 9.57. The lowest BCUT2D eigenvalue weighted by Gasteiger charge is -2.58. The standard InChI is InChI=1S/C19H37N3O/c1-3-12-22-15-19(16-22)13-17(14-19)18(23)21-11-9-7-5-6-8-10-20-4-2/h17,20H,3-16H2,1-2H3,(H,21,23). The molecule has 1 saturated heterocycles. The summed E-state index contributed by atoms with van der Waals surface area (Å²) < 4.78 is 0. The fourth-order valence-electron chi connectivity index (χ4n) is 4.24. The van der Waals surface area contributed by atoms with E-state index in [1.54, 1.807) is 0 Å². The maximum Gasteiger partial charge on any atom is 0.223 e. The van der Waals surface area contributed by atoms with Crippen molar-refractivity contribution < 1.29 is 4.79 Å². The van der Waals surface area contributed by atoms with Crippen LogP contribution in [-0.2, 0) is 4.79 Å². The van der Waals surface area contributed by atoms with Crippen LogP contribution >= 0.6 is 0 Å². The molecule has 4 nitrogen and oxygen atoms in total. The van der Waals surface area contributed by atoms with E-state index in [9.17, 15) is 4.79 Å². The average molecular weight is 324 g/mol. The van der Waals surface area contributed by atoms with Crippen LogP contribution in [0.15, 0.2) is 0 Å². The molecule has 134 valence electrons. The number of nitrogens with one attached hydrogen (secondary N) is 2. The summed E-state index contributed by atoms with van der Waals surface area (Å²) in [6.45, 7) is 11.2. The number of carbonyl (C=O) groups is 1. The van der Waals surface area contributed by atoms with Gasteiger partial charge in [-0.1, -0.05) is 33.1 Å². The number of rotatable bonds is 12. The molecule has 2 rings (SSSR count). The van der Waals surface area contributed by atoms with Gasteiger partial charge in [0, 0.05) is 25.6 Å². The average Bonchev–Trinajstić information content (AvgIpc) is 2.46. The van der Waals surface area contributed by atoms with Crippen molar-refractivity contribution in [2.24, 2.45) is 11.3 Å². The second-order valence-electron chi connectivity index (χ2n) is 7.73. The molecule has 2 aliphatic rings. The molecule has 1 heterocycles. The Morgan fingerprint density at radius 2 is 1.70 bits per heavy atom. The summed E-state index contributed by atoms with van der Waals surface area (Å²) in [6, 6.07) is 0. The maximum atomic E-state index is 12.1. The molecule has 0 atom stereocenters. The SMILES string of the molecule is CCCN1CC2(CC(C(=O)NCCCCCCCNCC)C2)C1. The van der Waals surface area contributed by atoms with Crippen LogP contribution in [0.1, 0.15) is 65.2 Å². The second kappa shape index (κ2) is 9.63. The normalized spacial score (nSPS) is 20.3. The van der Waals surface area contributed by atoms with Gasteiger partial charge in [-0.2, -0.15) is 0 Å². The van der Waals surface area contributed by atoms with Crippen LogP contribution in [0.5, 0.6) is 0 Å². The number of hydrogen-bond acceptors (Lipinski definition) is 3. The zero-order chi connectivity index (χ0) is 16.5. The molecule has 1 saturated carbocycles. The fourth-order valence-corrected chi connectivity index (χ4v) is 4.24. The van der Waals surface area contributed by atoms with Crippen molar-refractivity contribution in [2.75, 3.05) is 39.3 Å². The number of likely N-dealkylation sites (tertiary alicyclic amines) is 1. The number of amides is 1. The number of hydrogen-bond donors (Lipinski definition) is 2. The Kier molecular flexibility index (Phi) is 7.84. The Bertz CT molecular complexity index is 345. The zero-order valence-electron chi connectivity index (χ0n) is 15.3. The minimum Gasteiger partial charge on any atom is -0.356 e. The van der Waals surface area contributed by atoms with Gasteiger partial charge in [0.25, 0.3) is 0 Å². The molecule has 2 fully saturated rings. The maximum absolute atomic E-state index is 12.1. The first-order valence-electron chi connectivity index (χ1n) is 9.90. The molecule has 0 unspecified atom stereocenters. The van der Waals surface area contributed by atoms with Gasteiger partial charge in [0.1, 0.15) is 0 Å². The quantitative estimate of drug-likeness (QED) is 0.543. The summed E-state index contributed by atoms with van der Waals surface area (Å²) in [6.07, 6.45) is 9.75. The molecule has 2 N–H and O–H groups in total. The predicted octanol–water partition coefficient (Wildman–Crippen LogP) is 2.78. The van der Waals surface area contributed by atoms with Gasteiger partial charge in [-0.05, 0) is 57.2 Å². The second-order valence-corrected chi connectivity index (χ2v) is 7.73. The summed E-state index contributed by atoms with van der Waals surface area (Å²) in [7, 11) is 0. The molecule has 0 aromatic heterocycles. The molecule has 0 aromatic carbocycles. The summed E-state index contributed by atoms with van der Waals surface area (Å²) >= 11 is 0. The molecule has 1 aliphatic heterocycles. The van der Waals surface area contributed by atoms with Crippen molar-refractivity contribution in [1.29, 1.82) is 0 Å². The van der Waals surface area contributed by atoms with E-state index in [0.29, 0.717) is 17.2 Å². The van der Waals surface area contributed by atoms with Crippen LogP contribution < -0.4 is 10.6 Å². The van der Waals surface area contributed by atoms with Crippen LogP contribution in [0, 0.1) is 11.3 Å². The molecule has 1 amide bonds. The van der Waals surface area contributed by atoms with Crippen LogP contribution in [0.3, 0.4) is 0 Å². The first-order valence-corrected chi connectivity index (χ1v) is 9.90. The van der Waals surface area contributed by atoms with Crippen molar-refractivity contribution in [1.82, 2.24) is 15.5 Å². The minimum atomic E-state index is 0.305. The third-order valence-electron chi connectivity index (χ3n) is 5.47. The molecule has 1 aliphatic carbocycles. The van der Waals surface area contributed by atoms with Crippen LogP contribution in [0.2, 0.25) is 0 Å². The highest BCUT2D eigenvalue weighted by atomic mass is 16.1. The van der Waals surface area contributed by atoms with Gasteiger partial charge in [-0.25, -0.2) is 0 Å². The first kappa shape index (κ1) is 18.7. The number of nitrogens with zero attached hydrogens (tertiary/aromatic N) is 1. The van der Waals surface area contributed by atoms with E-state index in [4.69, 9.17) is 0 Å². The Morgan fingerprint density at radius 1 is 1.04 bits per heavy atom.